The Bertz CT molecular complexity index is 418. The van der Waals surface area contributed by atoms with E-state index in [9.17, 15) is 0 Å². The monoisotopic (exact) mass is 266 g/mol. The molecule has 0 radical (unpaired) electrons. The van der Waals surface area contributed by atoms with Gasteiger partial charge in [0.25, 0.3) is 0 Å². The van der Waals surface area contributed by atoms with Crippen molar-refractivity contribution in [3.8, 4) is 0 Å². The first-order chi connectivity index (χ1) is 8.47. The summed E-state index contributed by atoms with van der Waals surface area (Å²) >= 11 is 5.13. The number of rotatable bonds is 6. The summed E-state index contributed by atoms with van der Waals surface area (Å²) in [5.74, 6) is 0. The molecular weight excluding hydrogens is 244 g/mol. The van der Waals surface area contributed by atoms with E-state index in [1.807, 2.05) is 13.0 Å². The highest BCUT2D eigenvalue weighted by molar-refractivity contribution is 7.80. The van der Waals surface area contributed by atoms with E-state index in [-0.39, 0.29) is 6.61 Å². The molecule has 0 aliphatic carbocycles. The zero-order chi connectivity index (χ0) is 13.7. The highest BCUT2D eigenvalue weighted by Gasteiger charge is 2.15. The van der Waals surface area contributed by atoms with Crippen molar-refractivity contribution in [3.05, 3.63) is 29.3 Å². The molecule has 1 rings (SSSR count). The van der Waals surface area contributed by atoms with E-state index >= 15 is 0 Å². The number of aryl methyl sites for hydroxylation is 1. The summed E-state index contributed by atoms with van der Waals surface area (Å²) in [4.78, 5) is 2.65. The molecule has 3 nitrogen and oxygen atoms in total. The van der Waals surface area contributed by atoms with Gasteiger partial charge in [-0.05, 0) is 39.3 Å². The molecule has 0 aliphatic rings. The number of anilines is 1. The molecule has 3 N–H and O–H groups in total. The van der Waals surface area contributed by atoms with Crippen molar-refractivity contribution in [2.45, 2.75) is 33.2 Å². The number of hydrogen-bond donors (Lipinski definition) is 2. The van der Waals surface area contributed by atoms with Crippen LogP contribution in [0.4, 0.5) is 5.69 Å². The standard InChI is InChI=1S/C14H22N2OS/c1-10(2)16(7-4-8-17)13-6-5-11(3)9-12(13)14(15)18/h5-6,9-10,17H,4,7-8H2,1-3H3,(H2,15,18). The van der Waals surface area contributed by atoms with Gasteiger partial charge in [-0.25, -0.2) is 0 Å². The molecule has 0 atom stereocenters. The molecule has 0 aromatic heterocycles. The third-order valence-corrected chi connectivity index (χ3v) is 3.13. The minimum atomic E-state index is 0.192. The smallest absolute Gasteiger partial charge is 0.106 e. The Kier molecular flexibility index (Phi) is 5.56. The first-order valence-electron chi connectivity index (χ1n) is 6.25. The largest absolute Gasteiger partial charge is 0.396 e. The molecular formula is C14H22N2OS. The van der Waals surface area contributed by atoms with E-state index in [1.165, 1.54) is 0 Å². The molecule has 0 saturated carbocycles. The van der Waals surface area contributed by atoms with Crippen LogP contribution < -0.4 is 10.6 Å². The fraction of sp³-hybridized carbons (Fsp3) is 0.500. The summed E-state index contributed by atoms with van der Waals surface area (Å²) < 4.78 is 0. The Balaban J connectivity index is 3.14. The first kappa shape index (κ1) is 14.9. The average Bonchev–Trinajstić information content (AvgIpc) is 2.30. The first-order valence-corrected chi connectivity index (χ1v) is 6.66. The molecule has 0 spiro atoms. The lowest BCUT2D eigenvalue weighted by Gasteiger charge is -2.31. The van der Waals surface area contributed by atoms with Gasteiger partial charge in [0, 0.05) is 30.4 Å². The van der Waals surface area contributed by atoms with Gasteiger partial charge < -0.3 is 15.7 Å². The van der Waals surface area contributed by atoms with Gasteiger partial charge in [0.2, 0.25) is 0 Å². The van der Waals surface area contributed by atoms with Gasteiger partial charge in [-0.3, -0.25) is 0 Å². The zero-order valence-electron chi connectivity index (χ0n) is 11.3. The van der Waals surface area contributed by atoms with Crippen molar-refractivity contribution in [1.82, 2.24) is 0 Å². The van der Waals surface area contributed by atoms with Crippen LogP contribution >= 0.6 is 12.2 Å². The Morgan fingerprint density at radius 2 is 2.11 bits per heavy atom. The number of nitrogens with two attached hydrogens (primary N) is 1. The van der Waals surface area contributed by atoms with Crippen molar-refractivity contribution >= 4 is 22.9 Å². The van der Waals surface area contributed by atoms with E-state index in [2.05, 4.69) is 30.9 Å². The van der Waals surface area contributed by atoms with E-state index in [0.29, 0.717) is 11.0 Å². The summed E-state index contributed by atoms with van der Waals surface area (Å²) in [6.45, 7) is 7.27. The molecule has 0 amide bonds. The number of thiocarbonyl (C=S) groups is 1. The molecule has 100 valence electrons. The predicted molar refractivity (Wildman–Crippen MR) is 81.3 cm³/mol. The Hall–Kier alpha value is -1.13. The van der Waals surface area contributed by atoms with Crippen molar-refractivity contribution in [2.75, 3.05) is 18.1 Å². The SMILES string of the molecule is Cc1ccc(N(CCCO)C(C)C)c(C(N)=S)c1. The van der Waals surface area contributed by atoms with Gasteiger partial charge in [0.1, 0.15) is 4.99 Å². The second-order valence-corrected chi connectivity index (χ2v) is 5.19. The highest BCUT2D eigenvalue weighted by Crippen LogP contribution is 2.24. The molecule has 0 saturated heterocycles. The van der Waals surface area contributed by atoms with Crippen LogP contribution in [0.2, 0.25) is 0 Å². The van der Waals surface area contributed by atoms with Gasteiger partial charge in [0.05, 0.1) is 0 Å². The molecule has 0 aliphatic heterocycles. The topological polar surface area (TPSA) is 49.5 Å². The fourth-order valence-electron chi connectivity index (χ4n) is 2.00. The quantitative estimate of drug-likeness (QED) is 0.775. The molecule has 18 heavy (non-hydrogen) atoms. The number of hydrogen-bond acceptors (Lipinski definition) is 3. The van der Waals surface area contributed by atoms with E-state index in [4.69, 9.17) is 23.1 Å². The Morgan fingerprint density at radius 3 is 2.61 bits per heavy atom. The van der Waals surface area contributed by atoms with Crippen LogP contribution in [0.1, 0.15) is 31.4 Å². The summed E-state index contributed by atoms with van der Waals surface area (Å²) in [5, 5.41) is 8.99. The summed E-state index contributed by atoms with van der Waals surface area (Å²) in [5.41, 5.74) is 8.92. The van der Waals surface area contributed by atoms with Crippen molar-refractivity contribution < 1.29 is 5.11 Å². The lowest BCUT2D eigenvalue weighted by atomic mass is 10.1. The van der Waals surface area contributed by atoms with Crippen LogP contribution in [-0.4, -0.2) is 29.3 Å². The van der Waals surface area contributed by atoms with Crippen LogP contribution in [0.3, 0.4) is 0 Å². The molecule has 4 heteroatoms. The van der Waals surface area contributed by atoms with Gasteiger partial charge in [-0.15, -0.1) is 0 Å². The number of aliphatic hydroxyl groups excluding tert-OH is 1. The third kappa shape index (κ3) is 3.68. The predicted octanol–water partition coefficient (Wildman–Crippen LogP) is 2.23. The normalized spacial score (nSPS) is 10.7. The lowest BCUT2D eigenvalue weighted by molar-refractivity contribution is 0.288. The average molecular weight is 266 g/mol. The van der Waals surface area contributed by atoms with Crippen LogP contribution in [-0.2, 0) is 0 Å². The highest BCUT2D eigenvalue weighted by atomic mass is 32.1. The summed E-state index contributed by atoms with van der Waals surface area (Å²) in [6, 6.07) is 6.48. The van der Waals surface area contributed by atoms with Crippen LogP contribution in [0.25, 0.3) is 0 Å². The van der Waals surface area contributed by atoms with Gasteiger partial charge in [-0.1, -0.05) is 23.8 Å². The van der Waals surface area contributed by atoms with Crippen molar-refractivity contribution in [1.29, 1.82) is 0 Å². The van der Waals surface area contributed by atoms with Gasteiger partial charge in [0.15, 0.2) is 0 Å². The lowest BCUT2D eigenvalue weighted by Crippen LogP contribution is -2.34. The maximum atomic E-state index is 8.99. The van der Waals surface area contributed by atoms with Crippen molar-refractivity contribution in [2.24, 2.45) is 5.73 Å². The summed E-state index contributed by atoms with van der Waals surface area (Å²) in [7, 11) is 0. The van der Waals surface area contributed by atoms with E-state index in [1.54, 1.807) is 0 Å². The molecule has 0 fully saturated rings. The minimum Gasteiger partial charge on any atom is -0.396 e. The third-order valence-electron chi connectivity index (χ3n) is 2.91. The maximum Gasteiger partial charge on any atom is 0.106 e. The zero-order valence-corrected chi connectivity index (χ0v) is 12.1. The summed E-state index contributed by atoms with van der Waals surface area (Å²) in [6.07, 6.45) is 0.739. The van der Waals surface area contributed by atoms with Gasteiger partial charge in [-0.2, -0.15) is 0 Å². The van der Waals surface area contributed by atoms with Crippen LogP contribution in [0.15, 0.2) is 18.2 Å². The van der Waals surface area contributed by atoms with Gasteiger partial charge >= 0.3 is 0 Å². The Labute approximate surface area is 115 Å². The van der Waals surface area contributed by atoms with E-state index < -0.39 is 0 Å². The second kappa shape index (κ2) is 6.71. The fourth-order valence-corrected chi connectivity index (χ4v) is 2.16. The molecule has 1 aromatic carbocycles. The molecule has 0 heterocycles. The van der Waals surface area contributed by atoms with Crippen LogP contribution in [0, 0.1) is 6.92 Å². The minimum absolute atomic E-state index is 0.192. The van der Waals surface area contributed by atoms with Crippen LogP contribution in [0.5, 0.6) is 0 Å². The number of aliphatic hydroxyl groups is 1. The maximum absolute atomic E-state index is 8.99. The second-order valence-electron chi connectivity index (χ2n) is 4.75. The molecule has 0 bridgehead atoms. The number of benzene rings is 1. The molecule has 1 aromatic rings. The Morgan fingerprint density at radius 1 is 1.44 bits per heavy atom. The van der Waals surface area contributed by atoms with E-state index in [0.717, 1.165) is 29.8 Å². The molecule has 0 unspecified atom stereocenters. The van der Waals surface area contributed by atoms with Crippen molar-refractivity contribution in [3.63, 3.8) is 0 Å². The number of nitrogens with zero attached hydrogens (tertiary/aromatic N) is 1.